The zero-order chi connectivity index (χ0) is 34.6. The number of nitrogens with zero attached hydrogens (tertiary/aromatic N) is 1. The van der Waals surface area contributed by atoms with E-state index < -0.39 is 23.7 Å². The third-order valence-corrected chi connectivity index (χ3v) is 10.2. The second kappa shape index (κ2) is 12.4. The summed E-state index contributed by atoms with van der Waals surface area (Å²) in [5.74, 6) is -2.00. The maximum Gasteiger partial charge on any atom is 0.238 e. The second-order valence-corrected chi connectivity index (χ2v) is 12.7. The molecule has 49 heavy (non-hydrogen) atoms. The van der Waals surface area contributed by atoms with Crippen molar-refractivity contribution in [1.82, 2.24) is 0 Å². The van der Waals surface area contributed by atoms with E-state index >= 15 is 0 Å². The minimum atomic E-state index is -0.767. The molecule has 0 aromatic heterocycles. The number of phenolic OH excluding ortho intramolecular Hbond substituents is 1. The molecule has 0 unspecified atom stereocenters. The van der Waals surface area contributed by atoms with Crippen molar-refractivity contribution < 1.29 is 38.5 Å². The van der Waals surface area contributed by atoms with E-state index in [-0.39, 0.29) is 35.6 Å². The molecule has 1 fully saturated rings. The highest BCUT2D eigenvalue weighted by Gasteiger charge is 2.56. The smallest absolute Gasteiger partial charge is 0.238 e. The predicted molar refractivity (Wildman–Crippen MR) is 183 cm³/mol. The van der Waals surface area contributed by atoms with E-state index in [1.165, 1.54) is 24.2 Å². The van der Waals surface area contributed by atoms with Crippen LogP contribution in [0.15, 0.2) is 95.1 Å². The van der Waals surface area contributed by atoms with Crippen LogP contribution < -0.4 is 19.1 Å². The van der Waals surface area contributed by atoms with E-state index in [0.29, 0.717) is 51.6 Å². The fourth-order valence-corrected chi connectivity index (χ4v) is 7.75. The zero-order valence-electron chi connectivity index (χ0n) is 27.6. The number of imide groups is 1. The van der Waals surface area contributed by atoms with Gasteiger partial charge in [-0.25, -0.2) is 0 Å². The van der Waals surface area contributed by atoms with Crippen molar-refractivity contribution in [2.24, 2.45) is 17.8 Å². The van der Waals surface area contributed by atoms with Crippen LogP contribution in [0.5, 0.6) is 23.0 Å². The quantitative estimate of drug-likeness (QED) is 0.138. The molecule has 0 radical (unpaired) electrons. The van der Waals surface area contributed by atoms with E-state index in [1.54, 1.807) is 45.4 Å². The second-order valence-electron chi connectivity index (χ2n) is 12.7. The average Bonchev–Trinajstić information content (AvgIpc) is 3.38. The van der Waals surface area contributed by atoms with Gasteiger partial charge in [-0.15, -0.1) is 0 Å². The standard InChI is InChI=1S/C40H35NO8/c1-21-17-33(43)31-20-29-27(35(37(31)38(21)44)30-19-26(48-3)11-15-32(30)42)13-14-28-36(29)40(46)41(39(28)45)24-9-6-22(7-10-24)5-8-23-18-25(47-2)12-16-34(23)49-4/h5-13,15-19,28-29,35-36,42H,14,20H2,1-4H3/t28-,29+,35+,36-/m0/s1. The van der Waals surface area contributed by atoms with Gasteiger partial charge in [0.2, 0.25) is 11.8 Å². The molecule has 0 spiro atoms. The number of carbonyl (C=O) groups excluding carboxylic acids is 4. The molecule has 1 saturated heterocycles. The van der Waals surface area contributed by atoms with Gasteiger partial charge in [-0.2, -0.15) is 0 Å². The largest absolute Gasteiger partial charge is 0.508 e. The van der Waals surface area contributed by atoms with Gasteiger partial charge < -0.3 is 19.3 Å². The van der Waals surface area contributed by atoms with Crippen LogP contribution in [0, 0.1) is 17.8 Å². The Labute approximate surface area is 283 Å². The Morgan fingerprint density at radius 2 is 1.53 bits per heavy atom. The molecule has 1 N–H and O–H groups in total. The molecule has 9 heteroatoms. The Balaban J connectivity index is 1.22. The van der Waals surface area contributed by atoms with Gasteiger partial charge in [0, 0.05) is 33.8 Å². The number of rotatable bonds is 7. The predicted octanol–water partition coefficient (Wildman–Crippen LogP) is 6.22. The third kappa shape index (κ3) is 5.26. The number of carbonyl (C=O) groups is 4. The van der Waals surface area contributed by atoms with Crippen LogP contribution >= 0.6 is 0 Å². The fourth-order valence-electron chi connectivity index (χ4n) is 7.75. The number of ketones is 2. The molecular formula is C40H35NO8. The lowest BCUT2D eigenvalue weighted by Gasteiger charge is -2.42. The van der Waals surface area contributed by atoms with Gasteiger partial charge in [0.1, 0.15) is 23.0 Å². The van der Waals surface area contributed by atoms with E-state index in [2.05, 4.69) is 0 Å². The number of benzene rings is 3. The van der Waals surface area contributed by atoms with Gasteiger partial charge in [0.15, 0.2) is 11.6 Å². The molecular weight excluding hydrogens is 622 g/mol. The van der Waals surface area contributed by atoms with Crippen molar-refractivity contribution in [3.63, 3.8) is 0 Å². The molecule has 0 bridgehead atoms. The normalized spacial score (nSPS) is 23.2. The van der Waals surface area contributed by atoms with E-state index in [4.69, 9.17) is 14.2 Å². The fraction of sp³-hybridized carbons (Fsp3) is 0.250. The first-order chi connectivity index (χ1) is 23.6. The molecule has 4 aliphatic rings. The van der Waals surface area contributed by atoms with Crippen molar-refractivity contribution in [3.05, 3.63) is 112 Å². The molecule has 248 valence electrons. The van der Waals surface area contributed by atoms with Crippen molar-refractivity contribution in [3.8, 4) is 23.0 Å². The van der Waals surface area contributed by atoms with Crippen LogP contribution in [0.3, 0.4) is 0 Å². The first-order valence-electron chi connectivity index (χ1n) is 16.1. The summed E-state index contributed by atoms with van der Waals surface area (Å²) < 4.78 is 16.3. The summed E-state index contributed by atoms with van der Waals surface area (Å²) in [4.78, 5) is 56.6. The highest BCUT2D eigenvalue weighted by Crippen LogP contribution is 2.56. The molecule has 0 saturated carbocycles. The number of fused-ring (bicyclic) bond motifs is 3. The summed E-state index contributed by atoms with van der Waals surface area (Å²) in [6, 6.07) is 17.5. The Hall–Kier alpha value is -5.70. The molecule has 1 heterocycles. The summed E-state index contributed by atoms with van der Waals surface area (Å²) in [5, 5.41) is 11.1. The number of aromatic hydroxyl groups is 1. The molecule has 3 aromatic carbocycles. The van der Waals surface area contributed by atoms with Crippen LogP contribution in [0.2, 0.25) is 0 Å². The molecule has 7 rings (SSSR count). The van der Waals surface area contributed by atoms with Gasteiger partial charge in [0.25, 0.3) is 0 Å². The molecule has 9 nitrogen and oxygen atoms in total. The first kappa shape index (κ1) is 31.9. The molecule has 2 amide bonds. The Morgan fingerprint density at radius 3 is 2.24 bits per heavy atom. The van der Waals surface area contributed by atoms with E-state index in [9.17, 15) is 24.3 Å². The number of methoxy groups -OCH3 is 3. The van der Waals surface area contributed by atoms with Crippen molar-refractivity contribution >= 4 is 41.2 Å². The Kier molecular flexibility index (Phi) is 8.06. The number of amides is 2. The van der Waals surface area contributed by atoms with Crippen molar-refractivity contribution in [1.29, 1.82) is 0 Å². The third-order valence-electron chi connectivity index (χ3n) is 10.2. The average molecular weight is 658 g/mol. The van der Waals surface area contributed by atoms with Gasteiger partial charge in [-0.05, 0) is 85.9 Å². The van der Waals surface area contributed by atoms with Gasteiger partial charge >= 0.3 is 0 Å². The van der Waals surface area contributed by atoms with Crippen molar-refractivity contribution in [2.75, 3.05) is 26.2 Å². The lowest BCUT2D eigenvalue weighted by atomic mass is 9.59. The molecule has 3 aliphatic carbocycles. The number of hydrogen-bond acceptors (Lipinski definition) is 8. The highest BCUT2D eigenvalue weighted by molar-refractivity contribution is 6.25. The number of allylic oxidation sites excluding steroid dienone is 6. The maximum absolute atomic E-state index is 14.3. The van der Waals surface area contributed by atoms with Crippen LogP contribution in [0.1, 0.15) is 42.4 Å². The number of phenols is 1. The van der Waals surface area contributed by atoms with Crippen molar-refractivity contribution in [2.45, 2.75) is 25.7 Å². The minimum Gasteiger partial charge on any atom is -0.508 e. The van der Waals surface area contributed by atoms with Crippen LogP contribution in [0.25, 0.3) is 12.2 Å². The maximum atomic E-state index is 14.3. The van der Waals surface area contributed by atoms with Crippen LogP contribution in [-0.2, 0) is 19.2 Å². The van der Waals surface area contributed by atoms with Gasteiger partial charge in [-0.3, -0.25) is 24.1 Å². The molecule has 4 atom stereocenters. The molecule has 3 aromatic rings. The summed E-state index contributed by atoms with van der Waals surface area (Å²) in [6.45, 7) is 1.61. The molecule has 1 aliphatic heterocycles. The first-order valence-corrected chi connectivity index (χ1v) is 16.1. The van der Waals surface area contributed by atoms with E-state index in [1.807, 2.05) is 48.6 Å². The number of anilines is 1. The zero-order valence-corrected chi connectivity index (χ0v) is 27.6. The topological polar surface area (TPSA) is 119 Å². The SMILES string of the molecule is COc1ccc(OC)c(C=Cc2ccc(N3C(=O)[C@H]4[C@H](CC=C5[C@H](c6cc(OC)ccc6O)C6=C(C[C@H]54)C(=O)C=C(C)C6=O)C3=O)cc2)c1. The number of hydrogen-bond donors (Lipinski definition) is 1. The van der Waals surface area contributed by atoms with E-state index in [0.717, 1.165) is 16.7 Å². The van der Waals surface area contributed by atoms with Gasteiger partial charge in [-0.1, -0.05) is 35.9 Å². The lowest BCUT2D eigenvalue weighted by molar-refractivity contribution is -0.123. The van der Waals surface area contributed by atoms with Crippen LogP contribution in [0.4, 0.5) is 5.69 Å². The van der Waals surface area contributed by atoms with Crippen LogP contribution in [-0.4, -0.2) is 49.8 Å². The Morgan fingerprint density at radius 1 is 0.816 bits per heavy atom. The number of ether oxygens (including phenoxy) is 3. The minimum absolute atomic E-state index is 0.0526. The summed E-state index contributed by atoms with van der Waals surface area (Å²) in [6.07, 6.45) is 7.53. The summed E-state index contributed by atoms with van der Waals surface area (Å²) >= 11 is 0. The monoisotopic (exact) mass is 657 g/mol. The lowest BCUT2D eigenvalue weighted by Crippen LogP contribution is -2.39. The number of Topliss-reactive ketones (excluding diaryl/α,β-unsaturated/α-hetero) is 1. The highest BCUT2D eigenvalue weighted by atomic mass is 16.5. The summed E-state index contributed by atoms with van der Waals surface area (Å²) in [5.41, 5.74) is 4.29. The Bertz CT molecular complexity index is 2050. The summed E-state index contributed by atoms with van der Waals surface area (Å²) in [7, 11) is 4.71. The van der Waals surface area contributed by atoms with Gasteiger partial charge in [0.05, 0.1) is 38.9 Å².